The van der Waals surface area contributed by atoms with E-state index in [1.165, 1.54) is 25.1 Å². The highest BCUT2D eigenvalue weighted by atomic mass is 16.5. The minimum atomic E-state index is 0.304. The van der Waals surface area contributed by atoms with Crippen molar-refractivity contribution in [3.63, 3.8) is 0 Å². The molecule has 1 aromatic carbocycles. The van der Waals surface area contributed by atoms with E-state index >= 15 is 0 Å². The Balaban J connectivity index is 2.10. The average molecular weight is 292 g/mol. The average Bonchev–Trinajstić information content (AvgIpc) is 2.83. The highest BCUT2D eigenvalue weighted by molar-refractivity contribution is 5.43. The number of methoxy groups -OCH3 is 2. The maximum atomic E-state index is 5.41. The predicted molar refractivity (Wildman–Crippen MR) is 86.2 cm³/mol. The summed E-state index contributed by atoms with van der Waals surface area (Å²) >= 11 is 0. The number of likely N-dealkylation sites (N-methyl/N-ethyl adjacent to an activating group) is 1. The van der Waals surface area contributed by atoms with Crippen LogP contribution in [0, 0.1) is 5.41 Å². The lowest BCUT2D eigenvalue weighted by molar-refractivity contribution is 0.264. The second-order valence-electron chi connectivity index (χ2n) is 6.61. The molecule has 0 radical (unpaired) electrons. The Morgan fingerprint density at radius 2 is 1.95 bits per heavy atom. The molecule has 118 valence electrons. The third-order valence-electron chi connectivity index (χ3n) is 4.36. The molecule has 1 aromatic rings. The molecule has 1 heterocycles. The van der Waals surface area contributed by atoms with E-state index in [9.17, 15) is 0 Å². The molecule has 4 heteroatoms. The molecule has 21 heavy (non-hydrogen) atoms. The second-order valence-corrected chi connectivity index (χ2v) is 6.61. The van der Waals surface area contributed by atoms with E-state index in [2.05, 4.69) is 36.2 Å². The normalized spacial score (nSPS) is 19.5. The fourth-order valence-corrected chi connectivity index (χ4v) is 3.07. The van der Waals surface area contributed by atoms with Crippen molar-refractivity contribution >= 4 is 0 Å². The topological polar surface area (TPSA) is 33.7 Å². The Morgan fingerprint density at radius 3 is 2.48 bits per heavy atom. The zero-order valence-corrected chi connectivity index (χ0v) is 13.9. The maximum Gasteiger partial charge on any atom is 0.161 e. The molecule has 0 aromatic heterocycles. The Labute approximate surface area is 128 Å². The molecule has 0 aliphatic carbocycles. The van der Waals surface area contributed by atoms with Gasteiger partial charge < -0.3 is 19.7 Å². The quantitative estimate of drug-likeness (QED) is 0.874. The lowest BCUT2D eigenvalue weighted by Crippen LogP contribution is -2.33. The van der Waals surface area contributed by atoms with Gasteiger partial charge in [-0.25, -0.2) is 0 Å². The van der Waals surface area contributed by atoms with Gasteiger partial charge in [0.05, 0.1) is 14.2 Å². The Bertz CT molecular complexity index is 474. The minimum absolute atomic E-state index is 0.304. The first kappa shape index (κ1) is 16.1. The van der Waals surface area contributed by atoms with Crippen LogP contribution < -0.4 is 14.8 Å². The number of likely N-dealkylation sites (tertiary alicyclic amines) is 1. The zero-order valence-electron chi connectivity index (χ0n) is 13.9. The third kappa shape index (κ3) is 3.89. The molecule has 1 atom stereocenters. The predicted octanol–water partition coefficient (Wildman–Crippen LogP) is 2.70. The van der Waals surface area contributed by atoms with Gasteiger partial charge in [0.1, 0.15) is 0 Å². The van der Waals surface area contributed by atoms with Gasteiger partial charge in [-0.3, -0.25) is 0 Å². The summed E-state index contributed by atoms with van der Waals surface area (Å²) in [4.78, 5) is 2.54. The van der Waals surface area contributed by atoms with Crippen LogP contribution in [0.15, 0.2) is 18.2 Å². The van der Waals surface area contributed by atoms with Gasteiger partial charge in [-0.05, 0) is 43.1 Å². The van der Waals surface area contributed by atoms with Crippen LogP contribution in [0.25, 0.3) is 0 Å². The first-order chi connectivity index (χ1) is 9.99. The van der Waals surface area contributed by atoms with Crippen LogP contribution >= 0.6 is 0 Å². The number of nitrogens with zero attached hydrogens (tertiary/aromatic N) is 1. The van der Waals surface area contributed by atoms with E-state index in [0.717, 1.165) is 18.0 Å². The van der Waals surface area contributed by atoms with Crippen molar-refractivity contribution in [2.45, 2.75) is 26.3 Å². The number of ether oxygens (including phenoxy) is 2. The van der Waals surface area contributed by atoms with E-state index < -0.39 is 0 Å². The van der Waals surface area contributed by atoms with Crippen LogP contribution in [0.2, 0.25) is 0 Å². The summed E-state index contributed by atoms with van der Waals surface area (Å²) in [6, 6.07) is 6.47. The number of hydrogen-bond acceptors (Lipinski definition) is 4. The standard InChI is InChI=1S/C17H28N2O2/c1-17(2)8-9-19(12-17)11-14(18-3)13-6-7-15(20-4)16(10-13)21-5/h6-7,10,14,18H,8-9,11-12H2,1-5H3. The highest BCUT2D eigenvalue weighted by Crippen LogP contribution is 2.32. The van der Waals surface area contributed by atoms with Crippen molar-refractivity contribution in [2.24, 2.45) is 5.41 Å². The second kappa shape index (κ2) is 6.67. The Hall–Kier alpha value is -1.26. The summed E-state index contributed by atoms with van der Waals surface area (Å²) in [5.41, 5.74) is 1.68. The van der Waals surface area contributed by atoms with Crippen LogP contribution in [0.3, 0.4) is 0 Å². The number of rotatable bonds is 6. The summed E-state index contributed by atoms with van der Waals surface area (Å²) in [5, 5.41) is 3.42. The molecular formula is C17H28N2O2. The van der Waals surface area contributed by atoms with Gasteiger partial charge >= 0.3 is 0 Å². The molecule has 1 aliphatic rings. The van der Waals surface area contributed by atoms with Crippen LogP contribution in [0.1, 0.15) is 31.9 Å². The molecule has 2 rings (SSSR count). The molecule has 1 saturated heterocycles. The van der Waals surface area contributed by atoms with Crippen molar-refractivity contribution in [3.8, 4) is 11.5 Å². The van der Waals surface area contributed by atoms with Gasteiger partial charge in [-0.1, -0.05) is 19.9 Å². The smallest absolute Gasteiger partial charge is 0.161 e. The van der Waals surface area contributed by atoms with Gasteiger partial charge in [0.25, 0.3) is 0 Å². The first-order valence-electron chi connectivity index (χ1n) is 7.60. The lowest BCUT2D eigenvalue weighted by atomic mass is 9.93. The molecule has 0 bridgehead atoms. The number of hydrogen-bond donors (Lipinski definition) is 1. The van der Waals surface area contributed by atoms with E-state index in [-0.39, 0.29) is 0 Å². The molecule has 1 N–H and O–H groups in total. The van der Waals surface area contributed by atoms with Crippen molar-refractivity contribution in [3.05, 3.63) is 23.8 Å². The summed E-state index contributed by atoms with van der Waals surface area (Å²) in [6.45, 7) is 8.06. The SMILES string of the molecule is CNC(CN1CCC(C)(C)C1)c1ccc(OC)c(OC)c1. The molecular weight excluding hydrogens is 264 g/mol. The zero-order chi connectivity index (χ0) is 15.5. The monoisotopic (exact) mass is 292 g/mol. The fraction of sp³-hybridized carbons (Fsp3) is 0.647. The van der Waals surface area contributed by atoms with E-state index in [1.54, 1.807) is 14.2 Å². The van der Waals surface area contributed by atoms with Gasteiger partial charge in [-0.2, -0.15) is 0 Å². The molecule has 0 amide bonds. The summed E-state index contributed by atoms with van der Waals surface area (Å²) in [5.74, 6) is 1.57. The number of nitrogens with one attached hydrogen (secondary N) is 1. The molecule has 0 spiro atoms. The molecule has 1 aliphatic heterocycles. The summed E-state index contributed by atoms with van der Waals surface area (Å²) in [7, 11) is 5.36. The van der Waals surface area contributed by atoms with Crippen LogP contribution in [0.4, 0.5) is 0 Å². The van der Waals surface area contributed by atoms with E-state index in [1.807, 2.05) is 13.1 Å². The van der Waals surface area contributed by atoms with Crippen molar-refractivity contribution in [2.75, 3.05) is 40.9 Å². The van der Waals surface area contributed by atoms with Crippen LogP contribution in [-0.2, 0) is 0 Å². The van der Waals surface area contributed by atoms with Gasteiger partial charge in [0.15, 0.2) is 11.5 Å². The minimum Gasteiger partial charge on any atom is -0.493 e. The van der Waals surface area contributed by atoms with E-state index in [4.69, 9.17) is 9.47 Å². The van der Waals surface area contributed by atoms with Gasteiger partial charge in [0.2, 0.25) is 0 Å². The van der Waals surface area contributed by atoms with Gasteiger partial charge in [0, 0.05) is 19.1 Å². The fourth-order valence-electron chi connectivity index (χ4n) is 3.07. The van der Waals surface area contributed by atoms with Crippen molar-refractivity contribution < 1.29 is 9.47 Å². The van der Waals surface area contributed by atoms with Crippen molar-refractivity contribution in [1.82, 2.24) is 10.2 Å². The Morgan fingerprint density at radius 1 is 1.24 bits per heavy atom. The van der Waals surface area contributed by atoms with Gasteiger partial charge in [-0.15, -0.1) is 0 Å². The summed E-state index contributed by atoms with van der Waals surface area (Å²) in [6.07, 6.45) is 1.27. The third-order valence-corrected chi connectivity index (χ3v) is 4.36. The first-order valence-corrected chi connectivity index (χ1v) is 7.60. The Kier molecular flexibility index (Phi) is 5.12. The molecule has 1 fully saturated rings. The highest BCUT2D eigenvalue weighted by Gasteiger charge is 2.30. The lowest BCUT2D eigenvalue weighted by Gasteiger charge is -2.25. The van der Waals surface area contributed by atoms with Crippen LogP contribution in [-0.4, -0.2) is 45.8 Å². The molecule has 4 nitrogen and oxygen atoms in total. The molecule has 1 unspecified atom stereocenters. The number of benzene rings is 1. The summed E-state index contributed by atoms with van der Waals surface area (Å²) < 4.78 is 10.7. The maximum absolute atomic E-state index is 5.41. The van der Waals surface area contributed by atoms with Crippen molar-refractivity contribution in [1.29, 1.82) is 0 Å². The van der Waals surface area contributed by atoms with Crippen LogP contribution in [0.5, 0.6) is 11.5 Å². The largest absolute Gasteiger partial charge is 0.493 e. The van der Waals surface area contributed by atoms with E-state index in [0.29, 0.717) is 11.5 Å². The molecule has 0 saturated carbocycles.